The van der Waals surface area contributed by atoms with Gasteiger partial charge in [-0.25, -0.2) is 0 Å². The van der Waals surface area contributed by atoms with Crippen LogP contribution in [-0.2, 0) is 4.79 Å². The number of carbonyl (C=O) groups excluding carboxylic acids is 1. The molecule has 0 amide bonds. The molecular formula is C11H26ClNO3. The molecule has 0 aliphatic carbocycles. The van der Waals surface area contributed by atoms with Crippen LogP contribution >= 0.6 is 12.4 Å². The minimum absolute atomic E-state index is 0. The monoisotopic (exact) mass is 255 g/mol. The van der Waals surface area contributed by atoms with Crippen molar-refractivity contribution in [3.63, 3.8) is 0 Å². The molecule has 0 saturated carbocycles. The lowest BCUT2D eigenvalue weighted by Crippen LogP contribution is -2.45. The smallest absolute Gasteiger partial charge is 0.109 e. The minimum atomic E-state index is -0.963. The van der Waals surface area contributed by atoms with E-state index >= 15 is 0 Å². The van der Waals surface area contributed by atoms with Crippen LogP contribution in [0.1, 0.15) is 27.2 Å². The van der Waals surface area contributed by atoms with Gasteiger partial charge in [-0.05, 0) is 19.3 Å². The standard InChI is InChI=1S/C6H16NO.C5H10O2.ClH/c1-6(5-8)7(2,3)4;1-4(2)3-5(6)7;/h6,8H,5H2,1-4H3;4H,3H2,1-2H3,(H,6,7);1H/q+1;;/p-1. The Bertz CT molecular complexity index is 179. The van der Waals surface area contributed by atoms with E-state index in [4.69, 9.17) is 5.11 Å². The topological polar surface area (TPSA) is 60.4 Å². The molecule has 0 radical (unpaired) electrons. The van der Waals surface area contributed by atoms with Crippen LogP contribution in [0.4, 0.5) is 0 Å². The third-order valence-corrected chi connectivity index (χ3v) is 2.16. The predicted molar refractivity (Wildman–Crippen MR) is 66.3 cm³/mol. The Labute approximate surface area is 105 Å². The molecule has 0 aliphatic rings. The number of nitrogens with zero attached hydrogens (tertiary/aromatic N) is 1. The summed E-state index contributed by atoms with van der Waals surface area (Å²) in [6, 6.07) is 0.343. The van der Waals surface area contributed by atoms with Crippen molar-refractivity contribution in [2.24, 2.45) is 5.92 Å². The Kier molecular flexibility index (Phi) is 13.0. The Morgan fingerprint density at radius 3 is 1.62 bits per heavy atom. The number of hydrogen-bond donors (Lipinski definition) is 1. The van der Waals surface area contributed by atoms with Crippen LogP contribution in [0.3, 0.4) is 0 Å². The number of quaternary nitrogens is 1. The first-order valence-corrected chi connectivity index (χ1v) is 5.23. The van der Waals surface area contributed by atoms with E-state index in [1.807, 2.05) is 20.8 Å². The fraction of sp³-hybridized carbons (Fsp3) is 0.909. The largest absolute Gasteiger partial charge is 0.550 e. The van der Waals surface area contributed by atoms with Crippen LogP contribution < -0.4 is 5.11 Å². The van der Waals surface area contributed by atoms with Crippen molar-refractivity contribution in [3.8, 4) is 0 Å². The highest BCUT2D eigenvalue weighted by molar-refractivity contribution is 5.85. The zero-order valence-electron chi connectivity index (χ0n) is 11.2. The van der Waals surface area contributed by atoms with Crippen LogP contribution in [0.15, 0.2) is 0 Å². The molecule has 0 aromatic heterocycles. The van der Waals surface area contributed by atoms with Crippen LogP contribution in [0, 0.1) is 5.92 Å². The Morgan fingerprint density at radius 1 is 1.25 bits per heavy atom. The normalized spacial score (nSPS) is 12.2. The van der Waals surface area contributed by atoms with E-state index in [2.05, 4.69) is 21.1 Å². The summed E-state index contributed by atoms with van der Waals surface area (Å²) in [6.07, 6.45) is 0.167. The van der Waals surface area contributed by atoms with Crippen molar-refractivity contribution in [1.29, 1.82) is 0 Å². The van der Waals surface area contributed by atoms with E-state index in [1.54, 1.807) is 0 Å². The maximum Gasteiger partial charge on any atom is 0.109 e. The number of aliphatic hydroxyl groups is 1. The number of carboxylic acids is 1. The Morgan fingerprint density at radius 2 is 1.62 bits per heavy atom. The van der Waals surface area contributed by atoms with Gasteiger partial charge in [-0.15, -0.1) is 12.4 Å². The first-order chi connectivity index (χ1) is 6.61. The van der Waals surface area contributed by atoms with Gasteiger partial charge in [0.1, 0.15) is 6.04 Å². The summed E-state index contributed by atoms with van der Waals surface area (Å²) in [7, 11) is 6.21. The van der Waals surface area contributed by atoms with E-state index in [9.17, 15) is 9.90 Å². The van der Waals surface area contributed by atoms with Gasteiger partial charge >= 0.3 is 0 Å². The van der Waals surface area contributed by atoms with Gasteiger partial charge in [-0.2, -0.15) is 0 Å². The summed E-state index contributed by atoms with van der Waals surface area (Å²) in [5, 5.41) is 18.4. The Balaban J connectivity index is -0.000000200. The lowest BCUT2D eigenvalue weighted by Gasteiger charge is -2.29. The molecule has 0 fully saturated rings. The second kappa shape index (κ2) is 9.87. The number of hydrogen-bond acceptors (Lipinski definition) is 3. The van der Waals surface area contributed by atoms with Gasteiger partial charge in [0, 0.05) is 5.97 Å². The van der Waals surface area contributed by atoms with Crippen molar-refractivity contribution in [2.45, 2.75) is 33.2 Å². The molecule has 0 heterocycles. The summed E-state index contributed by atoms with van der Waals surface area (Å²) in [5.41, 5.74) is 0. The highest BCUT2D eigenvalue weighted by Crippen LogP contribution is 1.98. The predicted octanol–water partition coefficient (Wildman–Crippen LogP) is 0.278. The van der Waals surface area contributed by atoms with E-state index in [0.29, 0.717) is 6.04 Å². The van der Waals surface area contributed by atoms with Crippen molar-refractivity contribution in [1.82, 2.24) is 0 Å². The second-order valence-electron chi connectivity index (χ2n) is 5.12. The van der Waals surface area contributed by atoms with Gasteiger partial charge < -0.3 is 19.5 Å². The first-order valence-electron chi connectivity index (χ1n) is 5.23. The Hall–Kier alpha value is -0.320. The third-order valence-electron chi connectivity index (χ3n) is 2.16. The highest BCUT2D eigenvalue weighted by atomic mass is 35.5. The summed E-state index contributed by atoms with van der Waals surface area (Å²) >= 11 is 0. The van der Waals surface area contributed by atoms with Crippen molar-refractivity contribution in [2.75, 3.05) is 27.7 Å². The number of carbonyl (C=O) groups is 1. The molecule has 0 rings (SSSR count). The van der Waals surface area contributed by atoms with Crippen molar-refractivity contribution >= 4 is 18.4 Å². The van der Waals surface area contributed by atoms with E-state index < -0.39 is 5.97 Å². The zero-order chi connectivity index (χ0) is 12.6. The van der Waals surface area contributed by atoms with Gasteiger partial charge in [0.15, 0.2) is 0 Å². The van der Waals surface area contributed by atoms with Gasteiger partial charge in [0.25, 0.3) is 0 Å². The molecule has 0 saturated heterocycles. The molecule has 4 nitrogen and oxygen atoms in total. The molecule has 0 bridgehead atoms. The molecule has 100 valence electrons. The van der Waals surface area contributed by atoms with Gasteiger partial charge in [0.2, 0.25) is 0 Å². The van der Waals surface area contributed by atoms with Crippen LogP contribution in [0.25, 0.3) is 0 Å². The van der Waals surface area contributed by atoms with Crippen LogP contribution in [0.5, 0.6) is 0 Å². The van der Waals surface area contributed by atoms with E-state index in [1.165, 1.54) is 0 Å². The molecule has 0 aliphatic heterocycles. The van der Waals surface area contributed by atoms with Gasteiger partial charge in [-0.3, -0.25) is 0 Å². The molecule has 0 aromatic rings. The first kappa shape index (κ1) is 21.0. The fourth-order valence-electron chi connectivity index (χ4n) is 0.578. The maximum atomic E-state index is 9.70. The number of aliphatic hydroxyl groups excluding tert-OH is 1. The summed E-state index contributed by atoms with van der Waals surface area (Å²) in [5.74, 6) is -0.750. The van der Waals surface area contributed by atoms with Crippen LogP contribution in [0.2, 0.25) is 0 Å². The van der Waals surface area contributed by atoms with Gasteiger partial charge in [-0.1, -0.05) is 13.8 Å². The number of rotatable bonds is 4. The molecule has 1 unspecified atom stereocenters. The molecule has 5 heteroatoms. The SMILES string of the molecule is CC(C)CC(=O)[O-].CC(CO)[N+](C)(C)C.Cl. The summed E-state index contributed by atoms with van der Waals surface area (Å²) in [6.45, 7) is 5.98. The van der Waals surface area contributed by atoms with Gasteiger partial charge in [0.05, 0.1) is 27.7 Å². The molecule has 1 atom stereocenters. The second-order valence-corrected chi connectivity index (χ2v) is 5.12. The molecule has 0 spiro atoms. The quantitative estimate of drug-likeness (QED) is 0.734. The summed E-state index contributed by atoms with van der Waals surface area (Å²) in [4.78, 5) is 9.70. The van der Waals surface area contributed by atoms with Crippen molar-refractivity contribution in [3.05, 3.63) is 0 Å². The third kappa shape index (κ3) is 16.1. The minimum Gasteiger partial charge on any atom is -0.550 e. The van der Waals surface area contributed by atoms with E-state index in [-0.39, 0.29) is 31.4 Å². The summed E-state index contributed by atoms with van der Waals surface area (Å²) < 4.78 is 0.830. The van der Waals surface area contributed by atoms with E-state index in [0.717, 1.165) is 4.48 Å². The lowest BCUT2D eigenvalue weighted by atomic mass is 10.1. The number of carboxylic acid groups (broad SMARTS) is 1. The molecule has 1 N–H and O–H groups in total. The molecule has 16 heavy (non-hydrogen) atoms. The lowest BCUT2D eigenvalue weighted by molar-refractivity contribution is -0.894. The highest BCUT2D eigenvalue weighted by Gasteiger charge is 2.15. The van der Waals surface area contributed by atoms with Crippen molar-refractivity contribution < 1.29 is 19.5 Å². The fourth-order valence-corrected chi connectivity index (χ4v) is 0.578. The molecular weight excluding hydrogens is 230 g/mol. The zero-order valence-corrected chi connectivity index (χ0v) is 12.0. The number of likely N-dealkylation sites (N-methyl/N-ethyl adjacent to an activating group) is 1. The molecule has 0 aromatic carbocycles. The number of halogens is 1. The maximum absolute atomic E-state index is 9.70. The average molecular weight is 256 g/mol. The van der Waals surface area contributed by atoms with Crippen LogP contribution in [-0.4, -0.2) is 49.4 Å². The average Bonchev–Trinajstić information content (AvgIpc) is 1.99. The number of aliphatic carboxylic acids is 1.